The molecule has 0 saturated carbocycles. The van der Waals surface area contributed by atoms with E-state index in [4.69, 9.17) is 4.74 Å². The Labute approximate surface area is 110 Å². The van der Waals surface area contributed by atoms with Gasteiger partial charge in [0.05, 0.1) is 0 Å². The van der Waals surface area contributed by atoms with E-state index < -0.39 is 0 Å². The highest BCUT2D eigenvalue weighted by atomic mass is 32.1. The molecule has 0 atom stereocenters. The van der Waals surface area contributed by atoms with Crippen LogP contribution in [0.2, 0.25) is 0 Å². The van der Waals surface area contributed by atoms with E-state index in [2.05, 4.69) is 10.3 Å². The van der Waals surface area contributed by atoms with E-state index in [0.29, 0.717) is 12.2 Å². The first-order valence-corrected chi connectivity index (χ1v) is 6.43. The van der Waals surface area contributed by atoms with Crippen molar-refractivity contribution in [3.05, 3.63) is 45.9 Å². The van der Waals surface area contributed by atoms with Crippen molar-refractivity contribution in [2.45, 2.75) is 13.5 Å². The van der Waals surface area contributed by atoms with Crippen LogP contribution in [0, 0.1) is 6.92 Å². The number of nitrogens with zero attached hydrogens (tertiary/aromatic N) is 1. The molecule has 0 spiro atoms. The van der Waals surface area contributed by atoms with E-state index in [0.717, 1.165) is 16.5 Å². The Morgan fingerprint density at radius 3 is 2.67 bits per heavy atom. The molecule has 1 aromatic carbocycles. The zero-order valence-corrected chi connectivity index (χ0v) is 11.1. The van der Waals surface area contributed by atoms with Crippen LogP contribution in [0.15, 0.2) is 29.6 Å². The molecule has 1 aromatic heterocycles. The molecule has 4 nitrogen and oxygen atoms in total. The number of hydrogen-bond donors (Lipinski definition) is 1. The molecule has 2 rings (SSSR count). The number of carbonyl (C=O) groups is 1. The molecule has 0 saturated heterocycles. The van der Waals surface area contributed by atoms with Gasteiger partial charge in [0.2, 0.25) is 0 Å². The Hall–Kier alpha value is -1.88. The van der Waals surface area contributed by atoms with E-state index in [9.17, 15) is 4.79 Å². The van der Waals surface area contributed by atoms with Gasteiger partial charge in [-0.05, 0) is 31.2 Å². The normalized spacial score (nSPS) is 10.1. The van der Waals surface area contributed by atoms with Gasteiger partial charge in [0.25, 0.3) is 5.91 Å². The zero-order valence-electron chi connectivity index (χ0n) is 10.3. The van der Waals surface area contributed by atoms with Crippen molar-refractivity contribution in [3.8, 4) is 5.75 Å². The number of ether oxygens (including phenoxy) is 1. The predicted octanol–water partition coefficient (Wildman–Crippen LogP) is 2.39. The van der Waals surface area contributed by atoms with Gasteiger partial charge in [0, 0.05) is 23.7 Å². The number of rotatable bonds is 4. The monoisotopic (exact) mass is 262 g/mol. The maximum Gasteiger partial charge on any atom is 0.251 e. The highest BCUT2D eigenvalue weighted by molar-refractivity contribution is 7.09. The quantitative estimate of drug-likeness (QED) is 0.920. The Morgan fingerprint density at radius 1 is 1.39 bits per heavy atom. The molecule has 2 aromatic rings. The number of hydrogen-bond acceptors (Lipinski definition) is 4. The average molecular weight is 262 g/mol. The van der Waals surface area contributed by atoms with Crippen LogP contribution >= 0.6 is 11.3 Å². The fourth-order valence-corrected chi connectivity index (χ4v) is 2.14. The standard InChI is InChI=1S/C13H14N2O2S/c1-9-8-18-12(15-9)7-17-11-5-3-10(4-6-11)13(16)14-2/h3-6,8H,7H2,1-2H3,(H,14,16). The smallest absolute Gasteiger partial charge is 0.251 e. The molecule has 0 aliphatic rings. The molecular formula is C13H14N2O2S. The van der Waals surface area contributed by atoms with Crippen LogP contribution in [0.5, 0.6) is 5.75 Å². The summed E-state index contributed by atoms with van der Waals surface area (Å²) in [6.45, 7) is 2.41. The minimum Gasteiger partial charge on any atom is -0.486 e. The van der Waals surface area contributed by atoms with Crippen molar-refractivity contribution >= 4 is 17.2 Å². The van der Waals surface area contributed by atoms with Gasteiger partial charge >= 0.3 is 0 Å². The number of aryl methyl sites for hydroxylation is 1. The van der Waals surface area contributed by atoms with Crippen LogP contribution in [0.3, 0.4) is 0 Å². The van der Waals surface area contributed by atoms with Gasteiger partial charge in [-0.25, -0.2) is 4.98 Å². The molecule has 1 heterocycles. The van der Waals surface area contributed by atoms with Crippen LogP contribution < -0.4 is 10.1 Å². The molecule has 1 N–H and O–H groups in total. The first kappa shape index (κ1) is 12.6. The maximum absolute atomic E-state index is 11.3. The molecule has 0 bridgehead atoms. The van der Waals surface area contributed by atoms with Crippen LogP contribution in [0.4, 0.5) is 0 Å². The third-order valence-corrected chi connectivity index (χ3v) is 3.31. The number of nitrogens with one attached hydrogen (secondary N) is 1. The molecule has 0 unspecified atom stereocenters. The van der Waals surface area contributed by atoms with E-state index >= 15 is 0 Å². The first-order valence-electron chi connectivity index (χ1n) is 5.55. The Balaban J connectivity index is 1.96. The zero-order chi connectivity index (χ0) is 13.0. The highest BCUT2D eigenvalue weighted by Gasteiger charge is 2.03. The fourth-order valence-electron chi connectivity index (χ4n) is 1.46. The molecule has 0 aliphatic carbocycles. The Bertz CT molecular complexity index is 534. The molecule has 0 radical (unpaired) electrons. The Kier molecular flexibility index (Phi) is 3.94. The van der Waals surface area contributed by atoms with E-state index in [-0.39, 0.29) is 5.91 Å². The number of aromatic nitrogens is 1. The van der Waals surface area contributed by atoms with Gasteiger partial charge in [0.15, 0.2) is 0 Å². The minimum atomic E-state index is -0.0999. The van der Waals surface area contributed by atoms with Crippen LogP contribution in [-0.4, -0.2) is 17.9 Å². The maximum atomic E-state index is 11.3. The largest absolute Gasteiger partial charge is 0.486 e. The lowest BCUT2D eigenvalue weighted by Gasteiger charge is -2.05. The third-order valence-electron chi connectivity index (χ3n) is 2.37. The van der Waals surface area contributed by atoms with Crippen molar-refractivity contribution < 1.29 is 9.53 Å². The summed E-state index contributed by atoms with van der Waals surface area (Å²) >= 11 is 1.58. The summed E-state index contributed by atoms with van der Waals surface area (Å²) in [6, 6.07) is 7.04. The van der Waals surface area contributed by atoms with Crippen LogP contribution in [-0.2, 0) is 6.61 Å². The van der Waals surface area contributed by atoms with Gasteiger partial charge in [-0.3, -0.25) is 4.79 Å². The lowest BCUT2D eigenvalue weighted by molar-refractivity contribution is 0.0963. The summed E-state index contributed by atoms with van der Waals surface area (Å²) in [7, 11) is 1.61. The molecule has 5 heteroatoms. The second-order valence-electron chi connectivity index (χ2n) is 3.77. The second kappa shape index (κ2) is 5.64. The number of carbonyl (C=O) groups excluding carboxylic acids is 1. The van der Waals surface area contributed by atoms with Gasteiger partial charge in [-0.2, -0.15) is 0 Å². The Morgan fingerprint density at radius 2 is 2.11 bits per heavy atom. The summed E-state index contributed by atoms with van der Waals surface area (Å²) in [5.41, 5.74) is 1.63. The fraction of sp³-hybridized carbons (Fsp3) is 0.231. The topological polar surface area (TPSA) is 51.2 Å². The van der Waals surface area contributed by atoms with E-state index in [1.165, 1.54) is 0 Å². The van der Waals surface area contributed by atoms with Gasteiger partial charge in [-0.1, -0.05) is 0 Å². The molecule has 0 fully saturated rings. The summed E-state index contributed by atoms with van der Waals surface area (Å²) in [4.78, 5) is 15.7. The van der Waals surface area contributed by atoms with Gasteiger partial charge in [-0.15, -0.1) is 11.3 Å². The van der Waals surface area contributed by atoms with Crippen LogP contribution in [0.25, 0.3) is 0 Å². The summed E-state index contributed by atoms with van der Waals surface area (Å²) in [6.07, 6.45) is 0. The third kappa shape index (κ3) is 3.07. The summed E-state index contributed by atoms with van der Waals surface area (Å²) < 4.78 is 5.59. The summed E-state index contributed by atoms with van der Waals surface area (Å²) in [5, 5.41) is 5.51. The minimum absolute atomic E-state index is 0.0999. The molecular weight excluding hydrogens is 248 g/mol. The molecule has 18 heavy (non-hydrogen) atoms. The van der Waals surface area contributed by atoms with Gasteiger partial charge < -0.3 is 10.1 Å². The van der Waals surface area contributed by atoms with Crippen molar-refractivity contribution in [1.82, 2.24) is 10.3 Å². The SMILES string of the molecule is CNC(=O)c1ccc(OCc2nc(C)cs2)cc1. The highest BCUT2D eigenvalue weighted by Crippen LogP contribution is 2.16. The average Bonchev–Trinajstić information content (AvgIpc) is 2.82. The van der Waals surface area contributed by atoms with Crippen molar-refractivity contribution in [2.75, 3.05) is 7.05 Å². The van der Waals surface area contributed by atoms with Gasteiger partial charge in [0.1, 0.15) is 17.4 Å². The lowest BCUT2D eigenvalue weighted by atomic mass is 10.2. The summed E-state index contributed by atoms with van der Waals surface area (Å²) in [5.74, 6) is 0.632. The number of amides is 1. The first-order chi connectivity index (χ1) is 8.69. The molecule has 1 amide bonds. The number of thiazole rings is 1. The predicted molar refractivity (Wildman–Crippen MR) is 71.0 cm³/mol. The molecule has 0 aliphatic heterocycles. The van der Waals surface area contributed by atoms with E-state index in [1.54, 1.807) is 42.6 Å². The van der Waals surface area contributed by atoms with Crippen molar-refractivity contribution in [1.29, 1.82) is 0 Å². The second-order valence-corrected chi connectivity index (χ2v) is 4.72. The van der Waals surface area contributed by atoms with Crippen LogP contribution in [0.1, 0.15) is 21.1 Å². The lowest BCUT2D eigenvalue weighted by Crippen LogP contribution is -2.17. The molecule has 94 valence electrons. The van der Waals surface area contributed by atoms with Crippen molar-refractivity contribution in [2.24, 2.45) is 0 Å². The number of benzene rings is 1. The van der Waals surface area contributed by atoms with Crippen molar-refractivity contribution in [3.63, 3.8) is 0 Å². The van der Waals surface area contributed by atoms with E-state index in [1.807, 2.05) is 12.3 Å².